The lowest BCUT2D eigenvalue weighted by Gasteiger charge is -2.35. The fraction of sp³-hybridized carbons (Fsp3) is 0.650. The van der Waals surface area contributed by atoms with Crippen LogP contribution >= 0.6 is 0 Å². The molecule has 1 aromatic carbocycles. The van der Waals surface area contributed by atoms with Gasteiger partial charge in [0.1, 0.15) is 5.75 Å². The van der Waals surface area contributed by atoms with E-state index >= 15 is 0 Å². The summed E-state index contributed by atoms with van der Waals surface area (Å²) in [5.41, 5.74) is 2.09. The molecule has 0 spiro atoms. The molecular formula is C20H30N2O6S2. The number of amides is 1. The van der Waals surface area contributed by atoms with E-state index in [4.69, 9.17) is 4.74 Å². The summed E-state index contributed by atoms with van der Waals surface area (Å²) in [6, 6.07) is 5.97. The molecule has 3 rings (SSSR count). The zero-order valence-corrected chi connectivity index (χ0v) is 19.3. The maximum absolute atomic E-state index is 12.7. The molecule has 1 aromatic rings. The topological polar surface area (TPSA) is 101 Å². The van der Waals surface area contributed by atoms with Gasteiger partial charge in [0.15, 0.2) is 16.4 Å². The highest BCUT2D eigenvalue weighted by molar-refractivity contribution is 7.95. The molecule has 1 amide bonds. The van der Waals surface area contributed by atoms with Crippen LogP contribution in [0.2, 0.25) is 0 Å². The van der Waals surface area contributed by atoms with E-state index in [0.717, 1.165) is 11.1 Å². The highest BCUT2D eigenvalue weighted by atomic mass is 32.2. The number of carbonyl (C=O) groups is 1. The Morgan fingerprint density at radius 2 is 1.87 bits per heavy atom. The van der Waals surface area contributed by atoms with E-state index in [9.17, 15) is 21.6 Å². The van der Waals surface area contributed by atoms with Crippen molar-refractivity contribution in [3.05, 3.63) is 29.3 Å². The maximum atomic E-state index is 12.7. The summed E-state index contributed by atoms with van der Waals surface area (Å²) in [4.78, 5) is 14.1. The molecule has 0 saturated carbocycles. The summed E-state index contributed by atoms with van der Waals surface area (Å²) in [5.74, 6) is 0.456. The number of hydrogen-bond acceptors (Lipinski definition) is 6. The Morgan fingerprint density at radius 1 is 1.20 bits per heavy atom. The van der Waals surface area contributed by atoms with Gasteiger partial charge in [-0.1, -0.05) is 26.0 Å². The quantitative estimate of drug-likeness (QED) is 0.634. The van der Waals surface area contributed by atoms with Crippen LogP contribution in [0, 0.1) is 6.92 Å². The Hall–Kier alpha value is -1.65. The molecule has 2 aliphatic rings. The molecule has 8 nitrogen and oxygen atoms in total. The highest BCUT2D eigenvalue weighted by Crippen LogP contribution is 2.25. The lowest BCUT2D eigenvalue weighted by atomic mass is 10.0. The van der Waals surface area contributed by atoms with Gasteiger partial charge in [-0.25, -0.2) is 16.8 Å². The van der Waals surface area contributed by atoms with Crippen LogP contribution in [0.4, 0.5) is 0 Å². The van der Waals surface area contributed by atoms with Crippen LogP contribution in [-0.4, -0.2) is 81.5 Å². The number of carbonyl (C=O) groups excluding carboxylic acids is 1. The molecule has 0 N–H and O–H groups in total. The van der Waals surface area contributed by atoms with Gasteiger partial charge in [0, 0.05) is 26.2 Å². The first-order chi connectivity index (χ1) is 14.0. The van der Waals surface area contributed by atoms with Gasteiger partial charge in [0.25, 0.3) is 5.91 Å². The molecule has 2 saturated heterocycles. The Bertz CT molecular complexity index is 996. The molecule has 168 valence electrons. The minimum Gasteiger partial charge on any atom is -0.483 e. The first-order valence-electron chi connectivity index (χ1n) is 10.2. The molecule has 1 atom stereocenters. The summed E-state index contributed by atoms with van der Waals surface area (Å²) in [6.45, 7) is 6.89. The van der Waals surface area contributed by atoms with Gasteiger partial charge in [-0.2, -0.15) is 4.31 Å². The average Bonchev–Trinajstić information content (AvgIpc) is 3.07. The molecule has 1 unspecified atom stereocenters. The molecule has 0 radical (unpaired) electrons. The van der Waals surface area contributed by atoms with Crippen LogP contribution in [-0.2, 0) is 24.7 Å². The third kappa shape index (κ3) is 5.15. The number of hydrogen-bond donors (Lipinski definition) is 0. The first kappa shape index (κ1) is 23.0. The van der Waals surface area contributed by atoms with Gasteiger partial charge >= 0.3 is 0 Å². The lowest BCUT2D eigenvalue weighted by molar-refractivity contribution is -0.134. The van der Waals surface area contributed by atoms with Crippen molar-refractivity contribution in [1.29, 1.82) is 0 Å². The number of sulfonamides is 1. The van der Waals surface area contributed by atoms with Crippen LogP contribution in [0.1, 0.15) is 37.3 Å². The van der Waals surface area contributed by atoms with Crippen LogP contribution in [0.3, 0.4) is 0 Å². The van der Waals surface area contributed by atoms with Gasteiger partial charge in [-0.15, -0.1) is 0 Å². The summed E-state index contributed by atoms with van der Waals surface area (Å²) >= 11 is 0. The van der Waals surface area contributed by atoms with Gasteiger partial charge in [-0.3, -0.25) is 4.79 Å². The molecule has 2 fully saturated rings. The lowest BCUT2D eigenvalue weighted by Crippen LogP contribution is -2.53. The second-order valence-corrected chi connectivity index (χ2v) is 12.8. The zero-order chi connectivity index (χ0) is 22.1. The second-order valence-electron chi connectivity index (χ2n) is 8.32. The number of aryl methyl sites for hydroxylation is 1. The third-order valence-electron chi connectivity index (χ3n) is 5.79. The third-order valence-corrected chi connectivity index (χ3v) is 10.1. The number of ether oxygens (including phenoxy) is 1. The Balaban J connectivity index is 1.54. The van der Waals surface area contributed by atoms with Gasteiger partial charge in [0.2, 0.25) is 10.0 Å². The number of sulfone groups is 1. The van der Waals surface area contributed by atoms with Crippen LogP contribution in [0.5, 0.6) is 5.75 Å². The van der Waals surface area contributed by atoms with Crippen molar-refractivity contribution < 1.29 is 26.4 Å². The van der Waals surface area contributed by atoms with Crippen molar-refractivity contribution >= 4 is 25.8 Å². The van der Waals surface area contributed by atoms with Crippen LogP contribution in [0.15, 0.2) is 18.2 Å². The van der Waals surface area contributed by atoms with E-state index in [0.29, 0.717) is 11.7 Å². The average molecular weight is 459 g/mol. The molecule has 2 heterocycles. The highest BCUT2D eigenvalue weighted by Gasteiger charge is 2.41. The van der Waals surface area contributed by atoms with Gasteiger partial charge in [-0.05, 0) is 36.5 Å². The zero-order valence-electron chi connectivity index (χ0n) is 17.7. The van der Waals surface area contributed by atoms with Crippen molar-refractivity contribution in [3.8, 4) is 5.75 Å². The second kappa shape index (κ2) is 8.84. The predicted molar refractivity (Wildman–Crippen MR) is 115 cm³/mol. The Kier molecular flexibility index (Phi) is 6.78. The molecule has 30 heavy (non-hydrogen) atoms. The Labute approximate surface area is 179 Å². The first-order valence-corrected chi connectivity index (χ1v) is 13.5. The summed E-state index contributed by atoms with van der Waals surface area (Å²) in [7, 11) is -6.95. The van der Waals surface area contributed by atoms with Crippen molar-refractivity contribution in [2.75, 3.05) is 44.3 Å². The van der Waals surface area contributed by atoms with E-state index in [1.807, 2.05) is 25.1 Å². The number of benzene rings is 1. The largest absolute Gasteiger partial charge is 0.483 e. The molecule has 0 aromatic heterocycles. The molecule has 10 heteroatoms. The van der Waals surface area contributed by atoms with E-state index in [2.05, 4.69) is 13.8 Å². The van der Waals surface area contributed by atoms with Crippen LogP contribution < -0.4 is 4.74 Å². The SMILES string of the molecule is Cc1ccc(C(C)C)cc1OCC(=O)N1CCN(S(=O)(=O)C2CCS(=O)(=O)C2)CC1. The van der Waals surface area contributed by atoms with E-state index in [-0.39, 0.29) is 56.6 Å². The van der Waals surface area contributed by atoms with Crippen molar-refractivity contribution in [3.63, 3.8) is 0 Å². The number of nitrogens with zero attached hydrogens (tertiary/aromatic N) is 2. The van der Waals surface area contributed by atoms with Crippen molar-refractivity contribution in [2.45, 2.75) is 38.4 Å². The molecule has 2 aliphatic heterocycles. The standard InChI is InChI=1S/C20H30N2O6S2/c1-15(2)17-5-4-16(3)19(12-17)28-13-20(23)21-7-9-22(10-8-21)30(26,27)18-6-11-29(24,25)14-18/h4-5,12,15,18H,6-11,13-14H2,1-3H3. The minimum absolute atomic E-state index is 0.0793. The van der Waals surface area contributed by atoms with Crippen molar-refractivity contribution in [2.24, 2.45) is 0 Å². The predicted octanol–water partition coefficient (Wildman–Crippen LogP) is 1.16. The minimum atomic E-state index is -3.67. The fourth-order valence-corrected chi connectivity index (χ4v) is 8.27. The van der Waals surface area contributed by atoms with E-state index < -0.39 is 25.1 Å². The van der Waals surface area contributed by atoms with Crippen molar-refractivity contribution in [1.82, 2.24) is 9.21 Å². The Morgan fingerprint density at radius 3 is 2.43 bits per heavy atom. The van der Waals surface area contributed by atoms with E-state index in [1.54, 1.807) is 4.90 Å². The summed E-state index contributed by atoms with van der Waals surface area (Å²) in [5, 5.41) is -0.871. The normalized spacial score (nSPS) is 22.4. The summed E-state index contributed by atoms with van der Waals surface area (Å²) < 4.78 is 55.8. The summed E-state index contributed by atoms with van der Waals surface area (Å²) in [6.07, 6.45) is 0.145. The number of piperazine rings is 1. The fourth-order valence-electron chi connectivity index (χ4n) is 3.76. The molecule has 0 aliphatic carbocycles. The molecular weight excluding hydrogens is 428 g/mol. The van der Waals surface area contributed by atoms with Gasteiger partial charge in [0.05, 0.1) is 16.8 Å². The number of rotatable bonds is 6. The maximum Gasteiger partial charge on any atom is 0.260 e. The smallest absolute Gasteiger partial charge is 0.260 e. The van der Waals surface area contributed by atoms with E-state index in [1.165, 1.54) is 4.31 Å². The molecule has 0 bridgehead atoms. The van der Waals surface area contributed by atoms with Crippen LogP contribution in [0.25, 0.3) is 0 Å². The monoisotopic (exact) mass is 458 g/mol. The van der Waals surface area contributed by atoms with Gasteiger partial charge < -0.3 is 9.64 Å².